The Bertz CT molecular complexity index is 257. The lowest BCUT2D eigenvalue weighted by Crippen LogP contribution is -2.61. The number of hydrogen-bond donors (Lipinski definition) is 3. The second-order valence-corrected chi connectivity index (χ2v) is 3.06. The summed E-state index contributed by atoms with van der Waals surface area (Å²) < 4.78 is 0. The topological polar surface area (TPSA) is 77.1 Å². The molecular weight excluding hydrogens is 188 g/mol. The summed E-state index contributed by atoms with van der Waals surface area (Å²) in [5.41, 5.74) is 2.59. The first kappa shape index (κ1) is 9.10. The predicted molar refractivity (Wildman–Crippen MR) is 46.6 cm³/mol. The fraction of sp³-hybridized carbons (Fsp3) is 0.571. The van der Waals surface area contributed by atoms with Crippen LogP contribution in [-0.4, -0.2) is 46.9 Å². The molecule has 0 radical (unpaired) electrons. The highest BCUT2D eigenvalue weighted by atomic mass is 16.7. The quantitative estimate of drug-likeness (QED) is 0.510. The van der Waals surface area contributed by atoms with Crippen LogP contribution in [0.2, 0.25) is 0 Å². The van der Waals surface area contributed by atoms with E-state index in [2.05, 4.69) is 10.9 Å². The van der Waals surface area contributed by atoms with Gasteiger partial charge in [-0.3, -0.25) is 9.91 Å². The van der Waals surface area contributed by atoms with Gasteiger partial charge in [0.2, 0.25) is 0 Å². The van der Waals surface area contributed by atoms with Gasteiger partial charge in [0.05, 0.1) is 6.20 Å². The Morgan fingerprint density at radius 3 is 3.14 bits per heavy atom. The van der Waals surface area contributed by atoms with Crippen molar-refractivity contribution in [2.24, 2.45) is 0 Å². The highest BCUT2D eigenvalue weighted by molar-refractivity contribution is 5.65. The molecule has 3 N–H and O–H groups in total. The first-order valence-electron chi connectivity index (χ1n) is 4.35. The minimum absolute atomic E-state index is 0.264. The zero-order valence-electron chi connectivity index (χ0n) is 7.51. The van der Waals surface area contributed by atoms with E-state index < -0.39 is 6.09 Å². The number of nitrogens with one attached hydrogen (secondary N) is 2. The molecule has 0 aromatic heterocycles. The Hall–Kier alpha value is -1.47. The van der Waals surface area contributed by atoms with Crippen molar-refractivity contribution in [2.75, 3.05) is 19.6 Å². The van der Waals surface area contributed by atoms with Crippen LogP contribution >= 0.6 is 0 Å². The summed E-state index contributed by atoms with van der Waals surface area (Å²) in [5, 5.41) is 13.7. The van der Waals surface area contributed by atoms with Gasteiger partial charge >= 0.3 is 6.09 Å². The van der Waals surface area contributed by atoms with E-state index >= 15 is 0 Å². The summed E-state index contributed by atoms with van der Waals surface area (Å²) in [6.07, 6.45) is 1.95. The summed E-state index contributed by atoms with van der Waals surface area (Å²) in [4.78, 5) is 17.1. The van der Waals surface area contributed by atoms with Crippen molar-refractivity contribution in [1.82, 2.24) is 20.8 Å². The molecule has 2 aliphatic rings. The maximum absolute atomic E-state index is 10.9. The van der Waals surface area contributed by atoms with Gasteiger partial charge in [-0.2, -0.15) is 0 Å². The van der Waals surface area contributed by atoms with Crippen LogP contribution in [0.4, 0.5) is 4.79 Å². The van der Waals surface area contributed by atoms with Crippen LogP contribution in [0.1, 0.15) is 0 Å². The molecule has 1 unspecified atom stereocenters. The Balaban J connectivity index is 2.05. The maximum atomic E-state index is 10.9. The highest BCUT2D eigenvalue weighted by Gasteiger charge is 2.31. The van der Waals surface area contributed by atoms with Crippen molar-refractivity contribution in [3.8, 4) is 0 Å². The highest BCUT2D eigenvalue weighted by Crippen LogP contribution is 2.10. The number of hydrazine groups is 1. The molecule has 0 aromatic rings. The molecule has 7 heteroatoms. The van der Waals surface area contributed by atoms with Crippen molar-refractivity contribution in [3.63, 3.8) is 0 Å². The fourth-order valence-corrected chi connectivity index (χ4v) is 1.54. The Morgan fingerprint density at radius 2 is 2.50 bits per heavy atom. The first-order valence-corrected chi connectivity index (χ1v) is 4.35. The van der Waals surface area contributed by atoms with Gasteiger partial charge in [-0.25, -0.2) is 4.79 Å². The lowest BCUT2D eigenvalue weighted by atomic mass is 10.3. The average molecular weight is 200 g/mol. The Morgan fingerprint density at radius 1 is 1.64 bits per heavy atom. The smallest absolute Gasteiger partial charge is 0.409 e. The van der Waals surface area contributed by atoms with E-state index in [4.69, 9.17) is 9.94 Å². The summed E-state index contributed by atoms with van der Waals surface area (Å²) in [5.74, 6) is 0. The van der Waals surface area contributed by atoms with Crippen molar-refractivity contribution in [3.05, 3.63) is 12.5 Å². The summed E-state index contributed by atoms with van der Waals surface area (Å²) in [7, 11) is 0. The number of hydrogen-bond acceptors (Lipinski definition) is 5. The second-order valence-electron chi connectivity index (χ2n) is 3.06. The van der Waals surface area contributed by atoms with Crippen LogP contribution in [0.5, 0.6) is 0 Å². The molecule has 0 aromatic carbocycles. The van der Waals surface area contributed by atoms with Gasteiger partial charge in [-0.1, -0.05) is 5.59 Å². The van der Waals surface area contributed by atoms with Crippen LogP contribution in [-0.2, 0) is 4.84 Å². The number of piperazine rings is 1. The minimum atomic E-state index is -0.918. The number of carboxylic acid groups (broad SMARTS) is 1. The molecule has 1 atom stereocenters. The predicted octanol–water partition coefficient (Wildman–Crippen LogP) is -0.881. The molecule has 2 rings (SSSR count). The monoisotopic (exact) mass is 200 g/mol. The molecule has 0 saturated carbocycles. The molecule has 78 valence electrons. The summed E-state index contributed by atoms with van der Waals surface area (Å²) in [6.45, 7) is 1.74. The minimum Gasteiger partial charge on any atom is -0.465 e. The van der Waals surface area contributed by atoms with Crippen molar-refractivity contribution >= 4 is 6.09 Å². The Kier molecular flexibility index (Phi) is 2.42. The third-order valence-electron chi connectivity index (χ3n) is 2.23. The molecule has 1 saturated heterocycles. The molecule has 0 aliphatic carbocycles. The fourth-order valence-electron chi connectivity index (χ4n) is 1.54. The van der Waals surface area contributed by atoms with Crippen LogP contribution in [0.25, 0.3) is 0 Å². The summed E-state index contributed by atoms with van der Waals surface area (Å²) in [6, 6.07) is 0. The standard InChI is InChI=1S/C7H12N4O3/c12-7(13)10-2-1-8-5-6(10)11-3-4-14-9-11/h3-4,6,8-9H,1-2,5H2,(H,12,13). The van der Waals surface area contributed by atoms with Crippen molar-refractivity contribution in [1.29, 1.82) is 0 Å². The van der Waals surface area contributed by atoms with Gasteiger partial charge in [-0.05, 0) is 0 Å². The lowest BCUT2D eigenvalue weighted by Gasteiger charge is -2.38. The molecule has 7 nitrogen and oxygen atoms in total. The maximum Gasteiger partial charge on any atom is 0.409 e. The molecular formula is C7H12N4O3. The first-order chi connectivity index (χ1) is 6.79. The number of carbonyl (C=O) groups is 1. The van der Waals surface area contributed by atoms with Crippen molar-refractivity contribution in [2.45, 2.75) is 6.17 Å². The molecule has 2 aliphatic heterocycles. The Labute approximate surface area is 80.8 Å². The van der Waals surface area contributed by atoms with Crippen LogP contribution in [0.15, 0.2) is 12.5 Å². The van der Waals surface area contributed by atoms with Crippen LogP contribution < -0.4 is 10.9 Å². The number of nitrogens with zero attached hydrogens (tertiary/aromatic N) is 2. The van der Waals surface area contributed by atoms with Gasteiger partial charge in [0.15, 0.2) is 0 Å². The third kappa shape index (κ3) is 1.59. The largest absolute Gasteiger partial charge is 0.465 e. The van der Waals surface area contributed by atoms with Gasteiger partial charge < -0.3 is 15.3 Å². The van der Waals surface area contributed by atoms with E-state index in [9.17, 15) is 4.79 Å². The SMILES string of the molecule is O=C(O)N1CCNCC1N1C=CON1. The van der Waals surface area contributed by atoms with Gasteiger partial charge in [-0.15, -0.1) is 0 Å². The lowest BCUT2D eigenvalue weighted by molar-refractivity contribution is -0.0435. The van der Waals surface area contributed by atoms with E-state index in [-0.39, 0.29) is 6.17 Å². The van der Waals surface area contributed by atoms with E-state index in [1.165, 1.54) is 11.2 Å². The number of rotatable bonds is 1. The molecule has 1 amide bonds. The van der Waals surface area contributed by atoms with E-state index in [1.807, 2.05) is 0 Å². The third-order valence-corrected chi connectivity index (χ3v) is 2.23. The van der Waals surface area contributed by atoms with Crippen LogP contribution in [0, 0.1) is 0 Å². The van der Waals surface area contributed by atoms with Gasteiger partial charge in [0.25, 0.3) is 0 Å². The zero-order chi connectivity index (χ0) is 9.97. The summed E-state index contributed by atoms with van der Waals surface area (Å²) >= 11 is 0. The second kappa shape index (κ2) is 3.72. The van der Waals surface area contributed by atoms with Gasteiger partial charge in [0, 0.05) is 19.6 Å². The molecule has 1 fully saturated rings. The molecule has 0 bridgehead atoms. The molecule has 2 heterocycles. The van der Waals surface area contributed by atoms with E-state index in [0.717, 1.165) is 0 Å². The molecule has 14 heavy (non-hydrogen) atoms. The zero-order valence-corrected chi connectivity index (χ0v) is 7.51. The molecule has 0 spiro atoms. The van der Waals surface area contributed by atoms with Crippen LogP contribution in [0.3, 0.4) is 0 Å². The van der Waals surface area contributed by atoms with Crippen molar-refractivity contribution < 1.29 is 14.7 Å². The normalized spacial score (nSPS) is 26.4. The van der Waals surface area contributed by atoms with E-state index in [0.29, 0.717) is 19.6 Å². The van der Waals surface area contributed by atoms with Gasteiger partial charge in [0.1, 0.15) is 12.4 Å². The average Bonchev–Trinajstić information content (AvgIpc) is 2.70. The van der Waals surface area contributed by atoms with E-state index in [1.54, 1.807) is 11.2 Å². The number of amides is 1.